The van der Waals surface area contributed by atoms with Crippen molar-refractivity contribution >= 4 is 12.4 Å². The van der Waals surface area contributed by atoms with E-state index in [2.05, 4.69) is 5.10 Å². The fourth-order valence-corrected chi connectivity index (χ4v) is 1.68. The van der Waals surface area contributed by atoms with Crippen molar-refractivity contribution in [2.24, 2.45) is 12.8 Å². The maximum absolute atomic E-state index is 12.4. The molecule has 0 spiro atoms. The number of nitrogens with two attached hydrogens (primary N) is 1. The second-order valence-electron chi connectivity index (χ2n) is 3.82. The van der Waals surface area contributed by atoms with Crippen molar-refractivity contribution in [2.75, 3.05) is 0 Å². The second kappa shape index (κ2) is 5.93. The number of nitrogens with zero attached hydrogens (tertiary/aromatic N) is 2. The van der Waals surface area contributed by atoms with Crippen LogP contribution in [0, 0.1) is 0 Å². The van der Waals surface area contributed by atoms with Crippen molar-refractivity contribution < 1.29 is 8.78 Å². The Bertz CT molecular complexity index is 496. The van der Waals surface area contributed by atoms with Crippen molar-refractivity contribution in [3.8, 4) is 11.3 Å². The average molecular weight is 274 g/mol. The zero-order chi connectivity index (χ0) is 12.4. The third-order valence-corrected chi connectivity index (χ3v) is 2.68. The molecule has 6 heteroatoms. The number of benzene rings is 1. The van der Waals surface area contributed by atoms with Crippen LogP contribution in [-0.2, 0) is 7.05 Å². The summed E-state index contributed by atoms with van der Waals surface area (Å²) in [5, 5.41) is 4.05. The van der Waals surface area contributed by atoms with E-state index < -0.39 is 12.5 Å². The predicted molar refractivity (Wildman–Crippen MR) is 68.8 cm³/mol. The van der Waals surface area contributed by atoms with Crippen LogP contribution < -0.4 is 5.73 Å². The molecule has 2 rings (SSSR count). The van der Waals surface area contributed by atoms with Gasteiger partial charge < -0.3 is 5.73 Å². The lowest BCUT2D eigenvalue weighted by molar-refractivity contribution is 0.116. The molecule has 0 saturated heterocycles. The van der Waals surface area contributed by atoms with Crippen molar-refractivity contribution in [3.05, 3.63) is 42.1 Å². The highest BCUT2D eigenvalue weighted by Crippen LogP contribution is 2.23. The minimum absolute atomic E-state index is 0. The van der Waals surface area contributed by atoms with Gasteiger partial charge in [-0.25, -0.2) is 8.78 Å². The van der Waals surface area contributed by atoms with E-state index >= 15 is 0 Å². The molecule has 0 unspecified atom stereocenters. The van der Waals surface area contributed by atoms with Gasteiger partial charge in [0.15, 0.2) is 0 Å². The summed E-state index contributed by atoms with van der Waals surface area (Å²) < 4.78 is 26.6. The lowest BCUT2D eigenvalue weighted by Crippen LogP contribution is -2.18. The summed E-state index contributed by atoms with van der Waals surface area (Å²) in [5.74, 6) is 0. The number of hydrogen-bond acceptors (Lipinski definition) is 2. The Labute approximate surface area is 110 Å². The fraction of sp³-hybridized carbons (Fsp3) is 0.250. The minimum atomic E-state index is -2.54. The highest BCUT2D eigenvalue weighted by Gasteiger charge is 2.17. The molecular formula is C12H14ClF2N3. The van der Waals surface area contributed by atoms with Gasteiger partial charge >= 0.3 is 0 Å². The molecular weight excluding hydrogens is 260 g/mol. The maximum Gasteiger partial charge on any atom is 0.257 e. The van der Waals surface area contributed by atoms with E-state index in [1.54, 1.807) is 35.1 Å². The zero-order valence-electron chi connectivity index (χ0n) is 9.75. The molecule has 18 heavy (non-hydrogen) atoms. The van der Waals surface area contributed by atoms with Crippen LogP contribution in [0.1, 0.15) is 11.6 Å². The molecule has 0 amide bonds. The summed E-state index contributed by atoms with van der Waals surface area (Å²) in [6.45, 7) is 0. The van der Waals surface area contributed by atoms with Gasteiger partial charge in [0, 0.05) is 13.2 Å². The van der Waals surface area contributed by atoms with Gasteiger partial charge in [-0.2, -0.15) is 5.10 Å². The van der Waals surface area contributed by atoms with Crippen LogP contribution in [0.15, 0.2) is 36.5 Å². The Kier molecular flexibility index (Phi) is 4.81. The average Bonchev–Trinajstić information content (AvgIpc) is 2.74. The molecule has 1 aromatic heterocycles. The highest BCUT2D eigenvalue weighted by molar-refractivity contribution is 5.85. The van der Waals surface area contributed by atoms with Gasteiger partial charge in [-0.3, -0.25) is 4.68 Å². The number of aryl methyl sites for hydroxylation is 1. The van der Waals surface area contributed by atoms with Crippen molar-refractivity contribution in [3.63, 3.8) is 0 Å². The third-order valence-electron chi connectivity index (χ3n) is 2.68. The first kappa shape index (κ1) is 14.6. The molecule has 0 fully saturated rings. The summed E-state index contributed by atoms with van der Waals surface area (Å²) in [6, 6.07) is 7.43. The van der Waals surface area contributed by atoms with Gasteiger partial charge in [0.05, 0.1) is 11.7 Å². The summed E-state index contributed by atoms with van der Waals surface area (Å²) in [6.07, 6.45) is -0.855. The Hall–Kier alpha value is -1.46. The third kappa shape index (κ3) is 2.86. The molecule has 0 saturated carbocycles. The first-order valence-electron chi connectivity index (χ1n) is 5.21. The van der Waals surface area contributed by atoms with E-state index in [0.29, 0.717) is 5.56 Å². The molecule has 1 heterocycles. The quantitative estimate of drug-likeness (QED) is 0.934. The van der Waals surface area contributed by atoms with Crippen LogP contribution in [0.5, 0.6) is 0 Å². The molecule has 0 bridgehead atoms. The topological polar surface area (TPSA) is 43.8 Å². The van der Waals surface area contributed by atoms with Crippen LogP contribution in [0.3, 0.4) is 0 Å². The standard InChI is InChI=1S/C12H13F2N3.ClH/c1-17-10(6-7-16-17)8-2-4-9(5-3-8)11(15)12(13)14;/h2-7,11-12H,15H2,1H3;1H/t11-;/m1./s1. The number of aromatic nitrogens is 2. The molecule has 1 aromatic carbocycles. The summed E-state index contributed by atoms with van der Waals surface area (Å²) >= 11 is 0. The molecule has 3 nitrogen and oxygen atoms in total. The number of hydrogen-bond donors (Lipinski definition) is 1. The van der Waals surface area contributed by atoms with Crippen LogP contribution in [0.2, 0.25) is 0 Å². The molecule has 2 aromatic rings. The van der Waals surface area contributed by atoms with Gasteiger partial charge in [0.2, 0.25) is 0 Å². The van der Waals surface area contributed by atoms with E-state index in [9.17, 15) is 8.78 Å². The van der Waals surface area contributed by atoms with Crippen molar-refractivity contribution in [1.29, 1.82) is 0 Å². The molecule has 1 atom stereocenters. The Morgan fingerprint density at radius 3 is 2.22 bits per heavy atom. The smallest absolute Gasteiger partial charge is 0.257 e. The monoisotopic (exact) mass is 273 g/mol. The molecule has 0 aliphatic rings. The van der Waals surface area contributed by atoms with Gasteiger partial charge in [-0.1, -0.05) is 24.3 Å². The number of rotatable bonds is 3. The number of alkyl halides is 2. The summed E-state index contributed by atoms with van der Waals surface area (Å²) in [7, 11) is 1.83. The molecule has 2 N–H and O–H groups in total. The first-order valence-corrected chi connectivity index (χ1v) is 5.21. The van der Waals surface area contributed by atoms with E-state index in [0.717, 1.165) is 11.3 Å². The Balaban J connectivity index is 0.00000162. The predicted octanol–water partition coefficient (Wildman–Crippen LogP) is 2.77. The first-order chi connectivity index (χ1) is 8.09. The second-order valence-corrected chi connectivity index (χ2v) is 3.82. The highest BCUT2D eigenvalue weighted by atomic mass is 35.5. The van der Waals surface area contributed by atoms with Crippen LogP contribution >= 0.6 is 12.4 Å². The normalized spacial score (nSPS) is 12.3. The Morgan fingerprint density at radius 1 is 1.17 bits per heavy atom. The molecule has 0 radical (unpaired) electrons. The molecule has 0 aliphatic heterocycles. The zero-order valence-corrected chi connectivity index (χ0v) is 10.6. The van der Waals surface area contributed by atoms with Crippen LogP contribution in [0.25, 0.3) is 11.3 Å². The van der Waals surface area contributed by atoms with Gasteiger partial charge in [0.25, 0.3) is 6.43 Å². The van der Waals surface area contributed by atoms with E-state index in [1.165, 1.54) is 0 Å². The fourth-order valence-electron chi connectivity index (χ4n) is 1.68. The SMILES string of the molecule is Cl.Cn1nccc1-c1ccc([C@@H](N)C(F)F)cc1. The van der Waals surface area contributed by atoms with Gasteiger partial charge in [-0.05, 0) is 17.2 Å². The van der Waals surface area contributed by atoms with E-state index in [4.69, 9.17) is 5.73 Å². The molecule has 0 aliphatic carbocycles. The van der Waals surface area contributed by atoms with E-state index in [-0.39, 0.29) is 12.4 Å². The van der Waals surface area contributed by atoms with E-state index in [1.807, 2.05) is 13.1 Å². The lowest BCUT2D eigenvalue weighted by atomic mass is 10.0. The summed E-state index contributed by atoms with van der Waals surface area (Å²) in [5.41, 5.74) is 7.66. The minimum Gasteiger partial charge on any atom is -0.319 e. The Morgan fingerprint density at radius 2 is 1.78 bits per heavy atom. The van der Waals surface area contributed by atoms with Gasteiger partial charge in [0.1, 0.15) is 0 Å². The van der Waals surface area contributed by atoms with Gasteiger partial charge in [-0.15, -0.1) is 12.4 Å². The van der Waals surface area contributed by atoms with Crippen molar-refractivity contribution in [1.82, 2.24) is 9.78 Å². The van der Waals surface area contributed by atoms with Crippen molar-refractivity contribution in [2.45, 2.75) is 12.5 Å². The number of halogens is 3. The largest absolute Gasteiger partial charge is 0.319 e. The van der Waals surface area contributed by atoms with Crippen LogP contribution in [0.4, 0.5) is 8.78 Å². The molecule has 98 valence electrons. The van der Waals surface area contributed by atoms with Crippen LogP contribution in [-0.4, -0.2) is 16.2 Å². The summed E-state index contributed by atoms with van der Waals surface area (Å²) in [4.78, 5) is 0. The maximum atomic E-state index is 12.4. The lowest BCUT2D eigenvalue weighted by Gasteiger charge is -2.11.